The lowest BCUT2D eigenvalue weighted by atomic mass is 9.99. The fraction of sp³-hybridized carbons (Fsp3) is 0.562. The highest BCUT2D eigenvalue weighted by molar-refractivity contribution is 6.00. The van der Waals surface area contributed by atoms with Crippen molar-refractivity contribution in [1.82, 2.24) is 4.90 Å². The Bertz CT molecular complexity index is 361. The molecule has 18 heavy (non-hydrogen) atoms. The van der Waals surface area contributed by atoms with E-state index in [9.17, 15) is 4.79 Å². The Hall–Kier alpha value is -1.15. The largest absolute Gasteiger partial charge is 0.296 e. The van der Waals surface area contributed by atoms with Crippen LogP contribution in [0.15, 0.2) is 30.3 Å². The van der Waals surface area contributed by atoms with Crippen LogP contribution in [0, 0.1) is 5.92 Å². The summed E-state index contributed by atoms with van der Waals surface area (Å²) in [5.41, 5.74) is 0.820. The molecule has 2 nitrogen and oxygen atoms in total. The molecule has 0 N–H and O–H groups in total. The Morgan fingerprint density at radius 2 is 1.78 bits per heavy atom. The van der Waals surface area contributed by atoms with E-state index in [0.29, 0.717) is 5.92 Å². The van der Waals surface area contributed by atoms with Gasteiger partial charge in [-0.05, 0) is 19.4 Å². The number of Topliss-reactive ketones (excluding diaryl/α,β-unsaturated/α-hetero) is 1. The molecule has 2 heteroatoms. The van der Waals surface area contributed by atoms with Crippen LogP contribution in [0.3, 0.4) is 0 Å². The molecule has 0 radical (unpaired) electrons. The maximum atomic E-state index is 12.4. The summed E-state index contributed by atoms with van der Waals surface area (Å²) in [6.45, 7) is 7.49. The maximum absolute atomic E-state index is 12.4. The first kappa shape index (κ1) is 14.9. The molecule has 1 aromatic rings. The quantitative estimate of drug-likeness (QED) is 0.686. The van der Waals surface area contributed by atoms with Gasteiger partial charge >= 0.3 is 0 Å². The third-order valence-electron chi connectivity index (χ3n) is 3.58. The first-order chi connectivity index (χ1) is 8.60. The Balaban J connectivity index is 2.74. The molecule has 0 saturated carbocycles. The monoisotopic (exact) mass is 247 g/mol. The van der Waals surface area contributed by atoms with E-state index in [2.05, 4.69) is 32.7 Å². The molecule has 0 amide bonds. The predicted molar refractivity (Wildman–Crippen MR) is 76.9 cm³/mol. The summed E-state index contributed by atoms with van der Waals surface area (Å²) >= 11 is 0. The minimum atomic E-state index is 0.00130. The fourth-order valence-electron chi connectivity index (χ4n) is 2.24. The van der Waals surface area contributed by atoms with E-state index < -0.39 is 0 Å². The Morgan fingerprint density at radius 1 is 1.17 bits per heavy atom. The summed E-state index contributed by atoms with van der Waals surface area (Å²) < 4.78 is 0. The summed E-state index contributed by atoms with van der Waals surface area (Å²) in [6.07, 6.45) is 2.01. The number of hydrogen-bond donors (Lipinski definition) is 0. The first-order valence-electron chi connectivity index (χ1n) is 6.89. The van der Waals surface area contributed by atoms with Gasteiger partial charge in [0.2, 0.25) is 0 Å². The van der Waals surface area contributed by atoms with Crippen molar-refractivity contribution in [2.45, 2.75) is 39.7 Å². The number of benzene rings is 1. The lowest BCUT2D eigenvalue weighted by Gasteiger charge is -2.28. The average molecular weight is 247 g/mol. The SMILES string of the molecule is CCC(C)CN(C)C(CC)C(=O)c1ccccc1. The molecule has 1 aromatic carbocycles. The van der Waals surface area contributed by atoms with Crippen LogP contribution >= 0.6 is 0 Å². The molecule has 100 valence electrons. The minimum Gasteiger partial charge on any atom is -0.296 e. The van der Waals surface area contributed by atoms with Crippen LogP contribution in [0.5, 0.6) is 0 Å². The van der Waals surface area contributed by atoms with Crippen LogP contribution < -0.4 is 0 Å². The molecule has 0 heterocycles. The summed E-state index contributed by atoms with van der Waals surface area (Å²) in [6, 6.07) is 9.61. The topological polar surface area (TPSA) is 20.3 Å². The molecule has 0 bridgehead atoms. The maximum Gasteiger partial charge on any atom is 0.179 e. The Labute approximate surface area is 111 Å². The molecule has 0 aliphatic heterocycles. The zero-order valence-corrected chi connectivity index (χ0v) is 12.0. The highest BCUT2D eigenvalue weighted by atomic mass is 16.1. The fourth-order valence-corrected chi connectivity index (χ4v) is 2.24. The van der Waals surface area contributed by atoms with Crippen molar-refractivity contribution in [2.75, 3.05) is 13.6 Å². The first-order valence-corrected chi connectivity index (χ1v) is 6.89. The molecule has 0 aliphatic rings. The lowest BCUT2D eigenvalue weighted by Crippen LogP contribution is -2.40. The van der Waals surface area contributed by atoms with Crippen LogP contribution in [-0.2, 0) is 0 Å². The highest BCUT2D eigenvalue weighted by Gasteiger charge is 2.23. The van der Waals surface area contributed by atoms with Gasteiger partial charge in [-0.3, -0.25) is 9.69 Å². The lowest BCUT2D eigenvalue weighted by molar-refractivity contribution is 0.0829. The molecule has 2 atom stereocenters. The molecule has 0 fully saturated rings. The molecule has 0 aliphatic carbocycles. The number of ketones is 1. The van der Waals surface area contributed by atoms with E-state index in [1.165, 1.54) is 0 Å². The minimum absolute atomic E-state index is 0.00130. The number of hydrogen-bond acceptors (Lipinski definition) is 2. The van der Waals surface area contributed by atoms with Crippen molar-refractivity contribution in [2.24, 2.45) is 5.92 Å². The molecule has 0 aromatic heterocycles. The molecular weight excluding hydrogens is 222 g/mol. The van der Waals surface area contributed by atoms with Crippen molar-refractivity contribution in [1.29, 1.82) is 0 Å². The second-order valence-corrected chi connectivity index (χ2v) is 5.11. The Kier molecular flexibility index (Phi) is 6.06. The third-order valence-corrected chi connectivity index (χ3v) is 3.58. The zero-order chi connectivity index (χ0) is 13.5. The number of carbonyl (C=O) groups excluding carboxylic acids is 1. The molecular formula is C16H25NO. The second kappa shape index (κ2) is 7.32. The van der Waals surface area contributed by atoms with Crippen LogP contribution in [0.2, 0.25) is 0 Å². The van der Waals surface area contributed by atoms with Gasteiger partial charge in [0, 0.05) is 12.1 Å². The van der Waals surface area contributed by atoms with E-state index >= 15 is 0 Å². The van der Waals surface area contributed by atoms with Gasteiger partial charge in [-0.2, -0.15) is 0 Å². The zero-order valence-electron chi connectivity index (χ0n) is 12.0. The van der Waals surface area contributed by atoms with E-state index in [1.807, 2.05) is 30.3 Å². The van der Waals surface area contributed by atoms with Gasteiger partial charge in [-0.15, -0.1) is 0 Å². The van der Waals surface area contributed by atoms with Crippen LogP contribution in [0.4, 0.5) is 0 Å². The van der Waals surface area contributed by atoms with Gasteiger partial charge < -0.3 is 0 Å². The second-order valence-electron chi connectivity index (χ2n) is 5.11. The molecule has 0 saturated heterocycles. The van der Waals surface area contributed by atoms with E-state index in [1.54, 1.807) is 0 Å². The van der Waals surface area contributed by atoms with E-state index in [0.717, 1.165) is 24.9 Å². The van der Waals surface area contributed by atoms with Crippen molar-refractivity contribution < 1.29 is 4.79 Å². The highest BCUT2D eigenvalue weighted by Crippen LogP contribution is 2.13. The van der Waals surface area contributed by atoms with Gasteiger partial charge in [0.05, 0.1) is 6.04 Å². The summed E-state index contributed by atoms with van der Waals surface area (Å²) in [4.78, 5) is 14.6. The predicted octanol–water partition coefficient (Wildman–Crippen LogP) is 3.63. The normalized spacial score (nSPS) is 14.5. The molecule has 1 rings (SSSR count). The van der Waals surface area contributed by atoms with Gasteiger partial charge in [0.1, 0.15) is 0 Å². The molecule has 0 spiro atoms. The van der Waals surface area contributed by atoms with Gasteiger partial charge in [0.15, 0.2) is 5.78 Å². The van der Waals surface area contributed by atoms with Gasteiger partial charge in [-0.25, -0.2) is 0 Å². The smallest absolute Gasteiger partial charge is 0.179 e. The average Bonchev–Trinajstić information content (AvgIpc) is 2.40. The van der Waals surface area contributed by atoms with Gasteiger partial charge in [-0.1, -0.05) is 57.5 Å². The van der Waals surface area contributed by atoms with Crippen LogP contribution in [0.1, 0.15) is 44.0 Å². The standard InChI is InChI=1S/C16H25NO/c1-5-13(3)12-17(4)15(6-2)16(18)14-10-8-7-9-11-14/h7-11,13,15H,5-6,12H2,1-4H3. The summed E-state index contributed by atoms with van der Waals surface area (Å²) in [5, 5.41) is 0. The third kappa shape index (κ3) is 3.95. The number of nitrogens with zero attached hydrogens (tertiary/aromatic N) is 1. The molecule has 2 unspecified atom stereocenters. The summed E-state index contributed by atoms with van der Waals surface area (Å²) in [5.74, 6) is 0.872. The number of rotatable bonds is 7. The van der Waals surface area contributed by atoms with Crippen molar-refractivity contribution in [3.63, 3.8) is 0 Å². The van der Waals surface area contributed by atoms with Crippen LogP contribution in [0.25, 0.3) is 0 Å². The van der Waals surface area contributed by atoms with E-state index in [4.69, 9.17) is 0 Å². The van der Waals surface area contributed by atoms with Crippen molar-refractivity contribution in [3.05, 3.63) is 35.9 Å². The number of likely N-dealkylation sites (N-methyl/N-ethyl adjacent to an activating group) is 1. The van der Waals surface area contributed by atoms with Crippen molar-refractivity contribution in [3.8, 4) is 0 Å². The Morgan fingerprint density at radius 3 is 2.28 bits per heavy atom. The van der Waals surface area contributed by atoms with Crippen LogP contribution in [-0.4, -0.2) is 30.3 Å². The van der Waals surface area contributed by atoms with E-state index in [-0.39, 0.29) is 11.8 Å². The van der Waals surface area contributed by atoms with Gasteiger partial charge in [0.25, 0.3) is 0 Å². The van der Waals surface area contributed by atoms with Crippen molar-refractivity contribution >= 4 is 5.78 Å². The summed E-state index contributed by atoms with van der Waals surface area (Å²) in [7, 11) is 2.06. The number of carbonyl (C=O) groups is 1.